The van der Waals surface area contributed by atoms with E-state index in [0.29, 0.717) is 11.5 Å². The fourth-order valence-corrected chi connectivity index (χ4v) is 5.18. The van der Waals surface area contributed by atoms with Crippen LogP contribution in [-0.2, 0) is 6.42 Å². The smallest absolute Gasteiger partial charge is 0.162 e. The number of para-hydroxylation sites is 2. The zero-order valence-electron chi connectivity index (χ0n) is 21.5. The molecule has 38 heavy (non-hydrogen) atoms. The molecule has 0 saturated carbocycles. The summed E-state index contributed by atoms with van der Waals surface area (Å²) in [5.41, 5.74) is 9.46. The summed E-state index contributed by atoms with van der Waals surface area (Å²) in [4.78, 5) is 10.2. The number of hydrogen-bond acceptors (Lipinski definition) is 1. The first-order valence-corrected chi connectivity index (χ1v) is 13.0. The van der Waals surface area contributed by atoms with Gasteiger partial charge in [-0.25, -0.2) is 9.98 Å². The maximum absolute atomic E-state index is 5.12. The number of nitrogens with zero attached hydrogens (tertiary/aromatic N) is 3. The van der Waals surface area contributed by atoms with Gasteiger partial charge < -0.3 is 4.57 Å². The lowest BCUT2D eigenvalue weighted by Crippen LogP contribution is -2.10. The Hall–Kier alpha value is -4.76. The lowest BCUT2D eigenvalue weighted by atomic mass is 10.0. The van der Waals surface area contributed by atoms with Crippen molar-refractivity contribution in [2.24, 2.45) is 9.98 Å². The van der Waals surface area contributed by atoms with Crippen molar-refractivity contribution in [1.29, 1.82) is 0 Å². The molecule has 0 fully saturated rings. The predicted octanol–water partition coefficient (Wildman–Crippen LogP) is 8.52. The first kappa shape index (κ1) is 23.6. The summed E-state index contributed by atoms with van der Waals surface area (Å²) < 4.78 is 2.36. The van der Waals surface area contributed by atoms with Crippen LogP contribution in [0.3, 0.4) is 0 Å². The summed E-state index contributed by atoms with van der Waals surface area (Å²) in [5, 5.41) is 1.30. The number of fused-ring (bicyclic) bond motifs is 3. The van der Waals surface area contributed by atoms with Crippen molar-refractivity contribution in [2.75, 3.05) is 0 Å². The van der Waals surface area contributed by atoms with E-state index in [2.05, 4.69) is 84.0 Å². The lowest BCUT2D eigenvalue weighted by molar-refractivity contribution is 0.967. The molecular formula is C35H29N3. The summed E-state index contributed by atoms with van der Waals surface area (Å²) in [6, 6.07) is 37.4. The molecule has 6 rings (SSSR count). The topological polar surface area (TPSA) is 29.6 Å². The molecule has 0 unspecified atom stereocenters. The quantitative estimate of drug-likeness (QED) is 0.174. The van der Waals surface area contributed by atoms with Crippen LogP contribution < -0.4 is 0 Å². The standard InChI is InChI=1S/C35H29N3/c1-25(27-15-5-3-6-16-27)36-35(37-26(2)28-17-7-4-8-18-28)31-21-11-14-24-34(31)38-32-22-12-9-19-29(32)30-20-10-13-23-33(30)38/h3-9,11-19,21-24H,1,10,20H2,2H3/b36-35-,37-26+. The van der Waals surface area contributed by atoms with Crippen molar-refractivity contribution in [2.45, 2.75) is 19.8 Å². The van der Waals surface area contributed by atoms with Crippen LogP contribution in [0.15, 0.2) is 132 Å². The second kappa shape index (κ2) is 10.3. The van der Waals surface area contributed by atoms with Crippen LogP contribution in [0.2, 0.25) is 0 Å². The van der Waals surface area contributed by atoms with Crippen molar-refractivity contribution >= 4 is 34.2 Å². The van der Waals surface area contributed by atoms with Gasteiger partial charge in [0.2, 0.25) is 0 Å². The van der Waals surface area contributed by atoms with Crippen LogP contribution in [0.1, 0.15) is 41.3 Å². The normalized spacial score (nSPS) is 13.5. The van der Waals surface area contributed by atoms with E-state index in [-0.39, 0.29) is 0 Å². The van der Waals surface area contributed by atoms with Gasteiger partial charge in [-0.2, -0.15) is 0 Å². The monoisotopic (exact) mass is 491 g/mol. The van der Waals surface area contributed by atoms with Crippen LogP contribution in [0.4, 0.5) is 0 Å². The number of aromatic nitrogens is 1. The largest absolute Gasteiger partial charge is 0.309 e. The van der Waals surface area contributed by atoms with E-state index in [4.69, 9.17) is 9.98 Å². The molecular weight excluding hydrogens is 462 g/mol. The highest BCUT2D eigenvalue weighted by Crippen LogP contribution is 2.35. The number of hydrogen-bond donors (Lipinski definition) is 0. The Bertz CT molecular complexity index is 1720. The molecule has 0 amide bonds. The molecule has 0 N–H and O–H groups in total. The summed E-state index contributed by atoms with van der Waals surface area (Å²) in [5.74, 6) is 0.641. The van der Waals surface area contributed by atoms with E-state index < -0.39 is 0 Å². The zero-order valence-corrected chi connectivity index (χ0v) is 21.5. The second-order valence-electron chi connectivity index (χ2n) is 9.49. The van der Waals surface area contributed by atoms with Crippen LogP contribution in [0.25, 0.3) is 28.4 Å². The zero-order chi connectivity index (χ0) is 25.9. The molecule has 0 spiro atoms. The molecule has 3 nitrogen and oxygen atoms in total. The molecule has 0 radical (unpaired) electrons. The van der Waals surface area contributed by atoms with Crippen molar-refractivity contribution in [1.82, 2.24) is 4.57 Å². The van der Waals surface area contributed by atoms with Gasteiger partial charge in [0.1, 0.15) is 0 Å². The average molecular weight is 492 g/mol. The van der Waals surface area contributed by atoms with Crippen LogP contribution in [0.5, 0.6) is 0 Å². The molecule has 4 aromatic carbocycles. The van der Waals surface area contributed by atoms with Gasteiger partial charge in [-0.1, -0.05) is 104 Å². The van der Waals surface area contributed by atoms with E-state index in [1.54, 1.807) is 0 Å². The van der Waals surface area contributed by atoms with Crippen LogP contribution in [0, 0.1) is 0 Å². The first-order valence-electron chi connectivity index (χ1n) is 13.0. The van der Waals surface area contributed by atoms with Gasteiger partial charge in [0, 0.05) is 22.4 Å². The lowest BCUT2D eigenvalue weighted by Gasteiger charge is -2.16. The number of rotatable bonds is 5. The summed E-state index contributed by atoms with van der Waals surface area (Å²) >= 11 is 0. The van der Waals surface area contributed by atoms with Gasteiger partial charge in [-0.3, -0.25) is 0 Å². The Kier molecular flexibility index (Phi) is 6.41. The molecule has 1 aromatic heterocycles. The number of amidine groups is 1. The highest BCUT2D eigenvalue weighted by Gasteiger charge is 2.21. The highest BCUT2D eigenvalue weighted by molar-refractivity contribution is 6.14. The number of aryl methyl sites for hydroxylation is 1. The molecule has 184 valence electrons. The minimum atomic E-state index is 0.641. The fourth-order valence-electron chi connectivity index (χ4n) is 5.18. The maximum atomic E-state index is 5.12. The van der Waals surface area contributed by atoms with E-state index in [9.17, 15) is 0 Å². The summed E-state index contributed by atoms with van der Waals surface area (Å²) in [6.45, 7) is 6.34. The van der Waals surface area contributed by atoms with Crippen LogP contribution >= 0.6 is 0 Å². The minimum absolute atomic E-state index is 0.641. The summed E-state index contributed by atoms with van der Waals surface area (Å²) in [6.07, 6.45) is 6.63. The second-order valence-corrected chi connectivity index (χ2v) is 9.49. The van der Waals surface area contributed by atoms with Crippen LogP contribution in [-0.4, -0.2) is 16.1 Å². The van der Waals surface area contributed by atoms with E-state index in [1.165, 1.54) is 22.2 Å². The average Bonchev–Trinajstić information content (AvgIpc) is 3.32. The third kappa shape index (κ3) is 4.44. The molecule has 0 atom stereocenters. The maximum Gasteiger partial charge on any atom is 0.162 e. The molecule has 1 heterocycles. The Morgan fingerprint density at radius 1 is 0.737 bits per heavy atom. The first-order chi connectivity index (χ1) is 18.7. The van der Waals surface area contributed by atoms with Gasteiger partial charge in [0.05, 0.1) is 16.9 Å². The van der Waals surface area contributed by atoms with Gasteiger partial charge in [-0.05, 0) is 60.7 Å². The number of benzene rings is 4. The molecule has 0 aliphatic heterocycles. The van der Waals surface area contributed by atoms with Gasteiger partial charge >= 0.3 is 0 Å². The fraction of sp³-hybridized carbons (Fsp3) is 0.0857. The number of allylic oxidation sites excluding steroid dienone is 1. The highest BCUT2D eigenvalue weighted by atomic mass is 15.0. The Balaban J connectivity index is 1.58. The van der Waals surface area contributed by atoms with E-state index >= 15 is 0 Å². The van der Waals surface area contributed by atoms with E-state index in [1.807, 2.05) is 55.5 Å². The van der Waals surface area contributed by atoms with Crippen molar-refractivity contribution in [3.8, 4) is 5.69 Å². The Labute approximate surface area is 223 Å². The molecule has 3 heteroatoms. The number of aliphatic imine (C=N–C) groups is 2. The minimum Gasteiger partial charge on any atom is -0.309 e. The van der Waals surface area contributed by atoms with Gasteiger partial charge in [0.15, 0.2) is 5.84 Å². The Morgan fingerprint density at radius 2 is 1.39 bits per heavy atom. The van der Waals surface area contributed by atoms with Gasteiger partial charge in [-0.15, -0.1) is 0 Å². The third-order valence-corrected chi connectivity index (χ3v) is 7.06. The molecule has 1 aliphatic rings. The van der Waals surface area contributed by atoms with E-state index in [0.717, 1.165) is 40.9 Å². The molecule has 1 aliphatic carbocycles. The SMILES string of the molecule is C=C(/N=C(\N=C(/C)c1ccccc1)c1ccccc1-n1c2c(c3ccccc31)CCC=C2)c1ccccc1. The van der Waals surface area contributed by atoms with Crippen molar-refractivity contribution in [3.63, 3.8) is 0 Å². The molecule has 5 aromatic rings. The predicted molar refractivity (Wildman–Crippen MR) is 161 cm³/mol. The Morgan fingerprint density at radius 3 is 2.18 bits per heavy atom. The third-order valence-electron chi connectivity index (χ3n) is 7.06. The van der Waals surface area contributed by atoms with Crippen molar-refractivity contribution < 1.29 is 0 Å². The summed E-state index contributed by atoms with van der Waals surface area (Å²) in [7, 11) is 0. The van der Waals surface area contributed by atoms with Gasteiger partial charge in [0.25, 0.3) is 0 Å². The molecule has 0 bridgehead atoms. The molecule has 0 saturated heterocycles. The van der Waals surface area contributed by atoms with Crippen molar-refractivity contribution in [3.05, 3.63) is 150 Å².